The van der Waals surface area contributed by atoms with Crippen molar-refractivity contribution in [2.45, 2.75) is 33.8 Å². The van der Waals surface area contributed by atoms with Crippen LogP contribution in [0, 0.1) is 23.7 Å². The molecular formula is C14H22O. The van der Waals surface area contributed by atoms with Gasteiger partial charge in [0.25, 0.3) is 0 Å². The monoisotopic (exact) mass is 206 g/mol. The van der Waals surface area contributed by atoms with Gasteiger partial charge in [-0.1, -0.05) is 37.6 Å². The van der Waals surface area contributed by atoms with Crippen LogP contribution >= 0.6 is 0 Å². The Bertz CT molecular complexity index is 290. The van der Waals surface area contributed by atoms with Gasteiger partial charge < -0.3 is 4.74 Å². The second-order valence-electron chi connectivity index (χ2n) is 5.14. The summed E-state index contributed by atoms with van der Waals surface area (Å²) in [5.41, 5.74) is 1.52. The predicted molar refractivity (Wildman–Crippen MR) is 63.6 cm³/mol. The molecule has 1 fully saturated rings. The first-order chi connectivity index (χ1) is 7.15. The zero-order valence-electron chi connectivity index (χ0n) is 10.2. The van der Waals surface area contributed by atoms with Crippen LogP contribution in [0.25, 0.3) is 0 Å². The molecule has 2 aliphatic rings. The number of fused-ring (bicyclic) bond motifs is 2. The van der Waals surface area contributed by atoms with Crippen molar-refractivity contribution in [3.8, 4) is 0 Å². The normalized spacial score (nSPS) is 45.6. The van der Waals surface area contributed by atoms with E-state index in [0.29, 0.717) is 17.9 Å². The van der Waals surface area contributed by atoms with Gasteiger partial charge in [-0.15, -0.1) is 0 Å². The molecule has 84 valence electrons. The maximum absolute atomic E-state index is 5.97. The van der Waals surface area contributed by atoms with Crippen LogP contribution in [0.15, 0.2) is 23.8 Å². The Labute approximate surface area is 93.2 Å². The topological polar surface area (TPSA) is 9.23 Å². The average Bonchev–Trinajstić information content (AvgIpc) is 2.15. The van der Waals surface area contributed by atoms with Crippen molar-refractivity contribution in [3.05, 3.63) is 23.8 Å². The molecule has 1 aliphatic heterocycles. The van der Waals surface area contributed by atoms with Gasteiger partial charge in [-0.3, -0.25) is 0 Å². The highest BCUT2D eigenvalue weighted by Crippen LogP contribution is 2.44. The second-order valence-corrected chi connectivity index (χ2v) is 5.14. The van der Waals surface area contributed by atoms with E-state index >= 15 is 0 Å². The van der Waals surface area contributed by atoms with Crippen LogP contribution in [-0.2, 0) is 4.74 Å². The summed E-state index contributed by atoms with van der Waals surface area (Å²) >= 11 is 0. The fourth-order valence-corrected chi connectivity index (χ4v) is 3.36. The summed E-state index contributed by atoms with van der Waals surface area (Å²) in [6, 6.07) is 0. The minimum Gasteiger partial charge on any atom is -0.373 e. The van der Waals surface area contributed by atoms with Crippen molar-refractivity contribution in [3.63, 3.8) is 0 Å². The molecule has 1 nitrogen and oxygen atoms in total. The number of ether oxygens (including phenoxy) is 1. The molecule has 1 heterocycles. The van der Waals surface area contributed by atoms with Crippen LogP contribution < -0.4 is 0 Å². The summed E-state index contributed by atoms with van der Waals surface area (Å²) in [6.07, 6.45) is 7.09. The van der Waals surface area contributed by atoms with Gasteiger partial charge in [-0.05, 0) is 31.6 Å². The molecule has 0 unspecified atom stereocenters. The summed E-state index contributed by atoms with van der Waals surface area (Å²) in [4.78, 5) is 0. The average molecular weight is 206 g/mol. The molecule has 5 atom stereocenters. The van der Waals surface area contributed by atoms with Gasteiger partial charge in [0, 0.05) is 5.92 Å². The van der Waals surface area contributed by atoms with E-state index in [4.69, 9.17) is 4.74 Å². The van der Waals surface area contributed by atoms with E-state index in [2.05, 4.69) is 45.9 Å². The van der Waals surface area contributed by atoms with Crippen molar-refractivity contribution < 1.29 is 4.74 Å². The van der Waals surface area contributed by atoms with Crippen LogP contribution in [0.5, 0.6) is 0 Å². The molecule has 0 aromatic carbocycles. The van der Waals surface area contributed by atoms with E-state index in [1.54, 1.807) is 0 Å². The first-order valence-corrected chi connectivity index (χ1v) is 6.08. The van der Waals surface area contributed by atoms with Gasteiger partial charge in [0.2, 0.25) is 0 Å². The molecule has 0 N–H and O–H groups in total. The molecule has 0 amide bonds. The lowest BCUT2D eigenvalue weighted by atomic mass is 9.65. The number of allylic oxidation sites excluding steroid dienone is 2. The largest absolute Gasteiger partial charge is 0.373 e. The highest BCUT2D eigenvalue weighted by atomic mass is 16.5. The number of rotatable bonds is 1. The summed E-state index contributed by atoms with van der Waals surface area (Å²) in [5.74, 6) is 2.78. The molecule has 1 aliphatic carbocycles. The van der Waals surface area contributed by atoms with Gasteiger partial charge in [-0.2, -0.15) is 0 Å². The predicted octanol–water partition coefficient (Wildman–Crippen LogP) is 3.43. The number of hydrogen-bond acceptors (Lipinski definition) is 1. The fraction of sp³-hybridized carbons (Fsp3) is 0.714. The van der Waals surface area contributed by atoms with Crippen LogP contribution in [-0.4, -0.2) is 12.7 Å². The summed E-state index contributed by atoms with van der Waals surface area (Å²) < 4.78 is 5.97. The third-order valence-electron chi connectivity index (χ3n) is 4.19. The second kappa shape index (κ2) is 4.13. The molecule has 2 rings (SSSR count). The van der Waals surface area contributed by atoms with Gasteiger partial charge in [-0.25, -0.2) is 0 Å². The lowest BCUT2D eigenvalue weighted by Crippen LogP contribution is -2.45. The van der Waals surface area contributed by atoms with E-state index in [1.165, 1.54) is 5.57 Å². The maximum atomic E-state index is 5.97. The fourth-order valence-electron chi connectivity index (χ4n) is 3.36. The van der Waals surface area contributed by atoms with Gasteiger partial charge in [0.1, 0.15) is 0 Å². The molecule has 0 saturated carbocycles. The summed E-state index contributed by atoms with van der Waals surface area (Å²) in [6.45, 7) is 9.98. The lowest BCUT2D eigenvalue weighted by Gasteiger charge is -2.46. The van der Waals surface area contributed by atoms with E-state index in [1.807, 2.05) is 0 Å². The Balaban J connectivity index is 2.29. The Morgan fingerprint density at radius 2 is 2.13 bits per heavy atom. The van der Waals surface area contributed by atoms with Crippen LogP contribution in [0.1, 0.15) is 27.7 Å². The van der Waals surface area contributed by atoms with Crippen LogP contribution in [0.4, 0.5) is 0 Å². The quantitative estimate of drug-likeness (QED) is 0.597. The lowest BCUT2D eigenvalue weighted by molar-refractivity contribution is -0.0687. The van der Waals surface area contributed by atoms with Crippen molar-refractivity contribution >= 4 is 0 Å². The highest BCUT2D eigenvalue weighted by molar-refractivity contribution is 5.19. The molecule has 1 saturated heterocycles. The smallest absolute Gasteiger partial charge is 0.0823 e. The molecular weight excluding hydrogens is 184 g/mol. The van der Waals surface area contributed by atoms with Crippen molar-refractivity contribution in [1.82, 2.24) is 0 Å². The Morgan fingerprint density at radius 1 is 1.40 bits per heavy atom. The third-order valence-corrected chi connectivity index (χ3v) is 4.19. The zero-order valence-corrected chi connectivity index (χ0v) is 10.2. The zero-order chi connectivity index (χ0) is 11.0. The Morgan fingerprint density at radius 3 is 2.80 bits per heavy atom. The highest BCUT2D eigenvalue weighted by Gasteiger charge is 2.42. The Hall–Kier alpha value is -0.560. The minimum atomic E-state index is 0.310. The van der Waals surface area contributed by atoms with Gasteiger partial charge in [0.05, 0.1) is 12.7 Å². The molecule has 0 radical (unpaired) electrons. The molecule has 0 aromatic heterocycles. The van der Waals surface area contributed by atoms with E-state index < -0.39 is 0 Å². The molecule has 15 heavy (non-hydrogen) atoms. The minimum absolute atomic E-state index is 0.310. The van der Waals surface area contributed by atoms with Crippen molar-refractivity contribution in [2.75, 3.05) is 6.61 Å². The third kappa shape index (κ3) is 1.78. The first kappa shape index (κ1) is 10.9. The maximum Gasteiger partial charge on any atom is 0.0823 e. The van der Waals surface area contributed by atoms with E-state index in [-0.39, 0.29) is 0 Å². The summed E-state index contributed by atoms with van der Waals surface area (Å²) in [7, 11) is 0. The van der Waals surface area contributed by atoms with E-state index in [9.17, 15) is 0 Å². The van der Waals surface area contributed by atoms with Crippen LogP contribution in [0.2, 0.25) is 0 Å². The van der Waals surface area contributed by atoms with Crippen molar-refractivity contribution in [2.24, 2.45) is 23.7 Å². The standard InChI is InChI=1S/C14H22O/c1-5-6-13-14-10(3)7-9(2)12(8-15-13)11(14)4/h5-7,9,11-14H,8H2,1-4H3/b6-5+/t9-,11+,12-,13-,14+/m1/s1. The molecule has 1 heteroatoms. The number of hydrogen-bond donors (Lipinski definition) is 0. The Kier molecular flexibility index (Phi) is 3.01. The molecule has 2 bridgehead atoms. The van der Waals surface area contributed by atoms with E-state index in [0.717, 1.165) is 18.4 Å². The van der Waals surface area contributed by atoms with Gasteiger partial charge in [0.15, 0.2) is 0 Å². The molecule has 0 spiro atoms. The van der Waals surface area contributed by atoms with Gasteiger partial charge >= 0.3 is 0 Å². The SMILES string of the molecule is C/C=C/[C@H]1OC[C@H]2[C@H](C)[C@@H]1C(C)=C[C@H]2C. The summed E-state index contributed by atoms with van der Waals surface area (Å²) in [5, 5.41) is 0. The molecule has 0 aromatic rings. The first-order valence-electron chi connectivity index (χ1n) is 6.08. The van der Waals surface area contributed by atoms with Crippen molar-refractivity contribution in [1.29, 1.82) is 0 Å². The van der Waals surface area contributed by atoms with Crippen LogP contribution in [0.3, 0.4) is 0 Å².